The standard InChI is InChI=1S/C15H22FN3/c1-3-5-14(4-2)19-9-8-13(11-19)18-15-7-6-12(16)10-17-15/h5-7,10,13H,3-4,8-9,11H2,1-2H3,(H,17,18)/b14-5+/t13-/m0/s1. The van der Waals surface area contributed by atoms with Gasteiger partial charge in [-0.25, -0.2) is 9.37 Å². The van der Waals surface area contributed by atoms with Crippen molar-refractivity contribution in [3.05, 3.63) is 35.9 Å². The van der Waals surface area contributed by atoms with E-state index in [1.165, 1.54) is 18.0 Å². The molecule has 1 aromatic rings. The quantitative estimate of drug-likeness (QED) is 0.882. The van der Waals surface area contributed by atoms with Gasteiger partial charge in [-0.05, 0) is 31.4 Å². The molecule has 19 heavy (non-hydrogen) atoms. The molecule has 1 N–H and O–H groups in total. The van der Waals surface area contributed by atoms with Gasteiger partial charge >= 0.3 is 0 Å². The van der Waals surface area contributed by atoms with Gasteiger partial charge in [-0.15, -0.1) is 0 Å². The molecule has 0 radical (unpaired) electrons. The van der Waals surface area contributed by atoms with E-state index in [4.69, 9.17) is 0 Å². The molecule has 0 spiro atoms. The van der Waals surface area contributed by atoms with Crippen LogP contribution in [0.3, 0.4) is 0 Å². The predicted molar refractivity (Wildman–Crippen MR) is 76.5 cm³/mol. The highest BCUT2D eigenvalue weighted by Gasteiger charge is 2.23. The number of anilines is 1. The lowest BCUT2D eigenvalue weighted by molar-refractivity contribution is 0.408. The molecule has 3 nitrogen and oxygen atoms in total. The first-order valence-corrected chi connectivity index (χ1v) is 7.05. The number of nitrogens with one attached hydrogen (secondary N) is 1. The summed E-state index contributed by atoms with van der Waals surface area (Å²) in [6, 6.07) is 3.53. The van der Waals surface area contributed by atoms with Crippen molar-refractivity contribution in [3.8, 4) is 0 Å². The molecule has 0 aliphatic carbocycles. The summed E-state index contributed by atoms with van der Waals surface area (Å²) in [5.41, 5.74) is 1.43. The summed E-state index contributed by atoms with van der Waals surface area (Å²) in [4.78, 5) is 6.48. The van der Waals surface area contributed by atoms with Crippen molar-refractivity contribution in [2.24, 2.45) is 0 Å². The van der Waals surface area contributed by atoms with E-state index >= 15 is 0 Å². The van der Waals surface area contributed by atoms with Crippen LogP contribution in [0.15, 0.2) is 30.1 Å². The zero-order valence-electron chi connectivity index (χ0n) is 11.7. The number of aromatic nitrogens is 1. The molecule has 1 aromatic heterocycles. The second-order valence-corrected chi connectivity index (χ2v) is 4.89. The minimum Gasteiger partial charge on any atom is -0.373 e. The summed E-state index contributed by atoms with van der Waals surface area (Å²) in [6.07, 6.45) is 6.81. The lowest BCUT2D eigenvalue weighted by atomic mass is 10.2. The molecule has 0 amide bonds. The van der Waals surface area contributed by atoms with Gasteiger partial charge in [0.2, 0.25) is 0 Å². The van der Waals surface area contributed by atoms with E-state index in [0.717, 1.165) is 38.2 Å². The minimum absolute atomic E-state index is 0.294. The first-order chi connectivity index (χ1) is 9.22. The normalized spacial score (nSPS) is 19.8. The van der Waals surface area contributed by atoms with Gasteiger partial charge in [0.25, 0.3) is 0 Å². The number of hydrogen-bond donors (Lipinski definition) is 1. The van der Waals surface area contributed by atoms with Crippen LogP contribution in [0.25, 0.3) is 0 Å². The maximum absolute atomic E-state index is 12.8. The van der Waals surface area contributed by atoms with Gasteiger partial charge in [0.05, 0.1) is 6.20 Å². The van der Waals surface area contributed by atoms with Gasteiger partial charge in [0.15, 0.2) is 0 Å². The summed E-state index contributed by atoms with van der Waals surface area (Å²) >= 11 is 0. The van der Waals surface area contributed by atoms with Crippen LogP contribution in [0.2, 0.25) is 0 Å². The van der Waals surface area contributed by atoms with Crippen molar-refractivity contribution in [3.63, 3.8) is 0 Å². The van der Waals surface area contributed by atoms with Crippen LogP contribution in [-0.4, -0.2) is 29.0 Å². The molecule has 0 unspecified atom stereocenters. The van der Waals surface area contributed by atoms with E-state index in [-0.39, 0.29) is 5.82 Å². The minimum atomic E-state index is -0.294. The lowest BCUT2D eigenvalue weighted by Gasteiger charge is -2.21. The smallest absolute Gasteiger partial charge is 0.141 e. The molecule has 1 atom stereocenters. The van der Waals surface area contributed by atoms with Crippen LogP contribution in [0.4, 0.5) is 10.2 Å². The third-order valence-corrected chi connectivity index (χ3v) is 3.48. The Morgan fingerprint density at radius 1 is 1.53 bits per heavy atom. The van der Waals surface area contributed by atoms with Crippen LogP contribution >= 0.6 is 0 Å². The van der Waals surface area contributed by atoms with Gasteiger partial charge in [0.1, 0.15) is 11.6 Å². The largest absolute Gasteiger partial charge is 0.373 e. The van der Waals surface area contributed by atoms with E-state index < -0.39 is 0 Å². The molecule has 1 saturated heterocycles. The molecule has 0 saturated carbocycles. The van der Waals surface area contributed by atoms with E-state index in [0.29, 0.717) is 6.04 Å². The number of pyridine rings is 1. The number of likely N-dealkylation sites (tertiary alicyclic amines) is 1. The molecule has 2 rings (SSSR count). The van der Waals surface area contributed by atoms with Crippen LogP contribution < -0.4 is 5.32 Å². The van der Waals surface area contributed by atoms with E-state index in [1.54, 1.807) is 6.07 Å². The number of hydrogen-bond acceptors (Lipinski definition) is 3. The fourth-order valence-electron chi connectivity index (χ4n) is 2.54. The predicted octanol–water partition coefficient (Wildman–Crippen LogP) is 3.41. The number of allylic oxidation sites excluding steroid dienone is 2. The monoisotopic (exact) mass is 263 g/mol. The number of rotatable bonds is 5. The van der Waals surface area contributed by atoms with Gasteiger partial charge < -0.3 is 10.2 Å². The van der Waals surface area contributed by atoms with Crippen LogP contribution in [0.1, 0.15) is 33.1 Å². The highest BCUT2D eigenvalue weighted by Crippen LogP contribution is 2.20. The van der Waals surface area contributed by atoms with Crippen molar-refractivity contribution >= 4 is 5.82 Å². The van der Waals surface area contributed by atoms with Crippen molar-refractivity contribution < 1.29 is 4.39 Å². The highest BCUT2D eigenvalue weighted by atomic mass is 19.1. The molecule has 1 aliphatic rings. The molecular weight excluding hydrogens is 241 g/mol. The second-order valence-electron chi connectivity index (χ2n) is 4.89. The summed E-state index contributed by atoms with van der Waals surface area (Å²) in [5, 5.41) is 3.37. The van der Waals surface area contributed by atoms with Crippen molar-refractivity contribution in [1.82, 2.24) is 9.88 Å². The first-order valence-electron chi connectivity index (χ1n) is 7.05. The Hall–Kier alpha value is -1.58. The summed E-state index contributed by atoms with van der Waals surface area (Å²) in [7, 11) is 0. The third-order valence-electron chi connectivity index (χ3n) is 3.48. The number of nitrogens with zero attached hydrogens (tertiary/aromatic N) is 2. The van der Waals surface area contributed by atoms with Gasteiger partial charge in [-0.1, -0.05) is 19.9 Å². The first kappa shape index (κ1) is 13.8. The molecule has 1 aliphatic heterocycles. The summed E-state index contributed by atoms with van der Waals surface area (Å²) in [6.45, 7) is 6.45. The van der Waals surface area contributed by atoms with Gasteiger partial charge in [0, 0.05) is 24.8 Å². The lowest BCUT2D eigenvalue weighted by Crippen LogP contribution is -2.26. The third kappa shape index (κ3) is 3.69. The Labute approximate surface area is 114 Å². The molecule has 2 heterocycles. The van der Waals surface area contributed by atoms with Crippen molar-refractivity contribution in [2.45, 2.75) is 39.2 Å². The fourth-order valence-corrected chi connectivity index (χ4v) is 2.54. The Morgan fingerprint density at radius 2 is 2.37 bits per heavy atom. The molecule has 4 heteroatoms. The maximum Gasteiger partial charge on any atom is 0.141 e. The zero-order valence-corrected chi connectivity index (χ0v) is 11.7. The molecule has 0 aromatic carbocycles. The number of halogens is 1. The summed E-state index contributed by atoms with van der Waals surface area (Å²) < 4.78 is 12.8. The zero-order chi connectivity index (χ0) is 13.7. The average molecular weight is 263 g/mol. The Morgan fingerprint density at radius 3 is 3.00 bits per heavy atom. The topological polar surface area (TPSA) is 28.2 Å². The van der Waals surface area contributed by atoms with Crippen LogP contribution in [-0.2, 0) is 0 Å². The molecular formula is C15H22FN3. The van der Waals surface area contributed by atoms with Crippen LogP contribution in [0.5, 0.6) is 0 Å². The van der Waals surface area contributed by atoms with Crippen molar-refractivity contribution in [1.29, 1.82) is 0 Å². The fraction of sp³-hybridized carbons (Fsp3) is 0.533. The van der Waals surface area contributed by atoms with Gasteiger partial charge in [-0.3, -0.25) is 0 Å². The molecule has 104 valence electrons. The van der Waals surface area contributed by atoms with E-state index in [2.05, 4.69) is 35.1 Å². The Kier molecular flexibility index (Phi) is 4.77. The summed E-state index contributed by atoms with van der Waals surface area (Å²) in [5.74, 6) is 0.462. The SMILES string of the molecule is CC/C=C(\CC)N1CC[C@H](Nc2ccc(F)cn2)C1. The Bertz CT molecular complexity index is 428. The van der Waals surface area contributed by atoms with Crippen molar-refractivity contribution in [2.75, 3.05) is 18.4 Å². The maximum atomic E-state index is 12.8. The van der Waals surface area contributed by atoms with E-state index in [9.17, 15) is 4.39 Å². The van der Waals surface area contributed by atoms with Gasteiger partial charge in [-0.2, -0.15) is 0 Å². The van der Waals surface area contributed by atoms with E-state index in [1.807, 2.05) is 0 Å². The Balaban J connectivity index is 1.91. The molecule has 0 bridgehead atoms. The molecule has 1 fully saturated rings. The average Bonchev–Trinajstić information content (AvgIpc) is 2.87. The highest BCUT2D eigenvalue weighted by molar-refractivity contribution is 5.35. The van der Waals surface area contributed by atoms with Crippen LogP contribution in [0, 0.1) is 5.82 Å². The second kappa shape index (κ2) is 6.55.